The molecule has 1 aromatic heterocycles. The lowest BCUT2D eigenvalue weighted by molar-refractivity contribution is 0.358. The molecule has 2 N–H and O–H groups in total. The van der Waals surface area contributed by atoms with Gasteiger partial charge in [0, 0.05) is 24.6 Å². The highest BCUT2D eigenvalue weighted by molar-refractivity contribution is 5.57. The summed E-state index contributed by atoms with van der Waals surface area (Å²) in [5.74, 6) is 2.83. The molecule has 1 rings (SSSR count). The van der Waals surface area contributed by atoms with Gasteiger partial charge in [0.1, 0.15) is 17.5 Å². The molecule has 4 heteroatoms. The molecular formula is C16H30N4. The molecule has 0 aliphatic carbocycles. The number of nitrogens with zero attached hydrogens (tertiary/aromatic N) is 2. The van der Waals surface area contributed by atoms with Crippen molar-refractivity contribution in [3.8, 4) is 0 Å². The molecule has 0 saturated carbocycles. The monoisotopic (exact) mass is 278 g/mol. The Labute approximate surface area is 123 Å². The predicted molar refractivity (Wildman–Crippen MR) is 87.5 cm³/mol. The molecule has 0 radical (unpaired) electrons. The lowest BCUT2D eigenvalue weighted by Crippen LogP contribution is -2.31. The second-order valence-electron chi connectivity index (χ2n) is 6.47. The van der Waals surface area contributed by atoms with E-state index in [1.165, 1.54) is 0 Å². The highest BCUT2D eigenvalue weighted by Crippen LogP contribution is 2.26. The van der Waals surface area contributed by atoms with Crippen LogP contribution in [-0.2, 0) is 6.42 Å². The van der Waals surface area contributed by atoms with E-state index in [1.54, 1.807) is 0 Å². The van der Waals surface area contributed by atoms with Gasteiger partial charge in [-0.2, -0.15) is 0 Å². The molecule has 0 aliphatic rings. The van der Waals surface area contributed by atoms with Crippen molar-refractivity contribution in [3.63, 3.8) is 0 Å². The van der Waals surface area contributed by atoms with Gasteiger partial charge in [-0.1, -0.05) is 27.7 Å². The van der Waals surface area contributed by atoms with Gasteiger partial charge >= 0.3 is 0 Å². The van der Waals surface area contributed by atoms with Crippen LogP contribution in [0, 0.1) is 12.3 Å². The van der Waals surface area contributed by atoms with Crippen LogP contribution in [-0.4, -0.2) is 22.6 Å². The molecule has 0 aliphatic heterocycles. The van der Waals surface area contributed by atoms with Crippen LogP contribution in [0.3, 0.4) is 0 Å². The minimum Gasteiger partial charge on any atom is -0.370 e. The first-order valence-corrected chi connectivity index (χ1v) is 7.67. The first kappa shape index (κ1) is 16.7. The summed E-state index contributed by atoms with van der Waals surface area (Å²) in [6.45, 7) is 16.1. The van der Waals surface area contributed by atoms with Crippen molar-refractivity contribution >= 4 is 11.6 Å². The Hall–Kier alpha value is -1.32. The van der Waals surface area contributed by atoms with Gasteiger partial charge in [0.05, 0.1) is 0 Å². The van der Waals surface area contributed by atoms with E-state index in [9.17, 15) is 0 Å². The number of rotatable bonds is 6. The molecule has 114 valence electrons. The minimum absolute atomic E-state index is 0.195. The van der Waals surface area contributed by atoms with Crippen LogP contribution in [0.5, 0.6) is 0 Å². The Morgan fingerprint density at radius 1 is 1.10 bits per heavy atom. The van der Waals surface area contributed by atoms with Gasteiger partial charge in [0.25, 0.3) is 0 Å². The zero-order chi connectivity index (χ0) is 15.3. The van der Waals surface area contributed by atoms with Crippen molar-refractivity contribution in [1.82, 2.24) is 9.97 Å². The summed E-state index contributed by atoms with van der Waals surface area (Å²) in [6.07, 6.45) is 1.97. The van der Waals surface area contributed by atoms with Gasteiger partial charge in [0.15, 0.2) is 0 Å². The maximum Gasteiger partial charge on any atom is 0.135 e. The molecule has 1 unspecified atom stereocenters. The van der Waals surface area contributed by atoms with Crippen molar-refractivity contribution < 1.29 is 0 Å². The van der Waals surface area contributed by atoms with Crippen LogP contribution in [0.1, 0.15) is 59.4 Å². The number of hydrogen-bond acceptors (Lipinski definition) is 4. The second kappa shape index (κ2) is 6.91. The summed E-state index contributed by atoms with van der Waals surface area (Å²) in [5.41, 5.74) is 1.29. The predicted octanol–water partition coefficient (Wildman–Crippen LogP) is 4.02. The van der Waals surface area contributed by atoms with E-state index >= 15 is 0 Å². The molecule has 1 heterocycles. The van der Waals surface area contributed by atoms with E-state index in [4.69, 9.17) is 4.98 Å². The third-order valence-corrected chi connectivity index (χ3v) is 3.66. The van der Waals surface area contributed by atoms with Gasteiger partial charge in [0.2, 0.25) is 0 Å². The quantitative estimate of drug-likeness (QED) is 0.825. The lowest BCUT2D eigenvalue weighted by atomic mass is 9.88. The van der Waals surface area contributed by atoms with Crippen molar-refractivity contribution in [2.75, 3.05) is 17.2 Å². The van der Waals surface area contributed by atoms with Crippen molar-refractivity contribution in [2.45, 2.75) is 67.3 Å². The Morgan fingerprint density at radius 3 is 2.20 bits per heavy atom. The van der Waals surface area contributed by atoms with Crippen LogP contribution in [0.2, 0.25) is 0 Å². The standard InChI is InChI=1S/C16H30N4/c1-8-10-13-19-14(17-9-2)11(3)15(20-13)18-12(4)16(5,6)7/h12H,8-10H2,1-7H3,(H2,17,18,19,20). The molecular weight excluding hydrogens is 248 g/mol. The third-order valence-electron chi connectivity index (χ3n) is 3.66. The molecule has 0 aromatic carbocycles. The van der Waals surface area contributed by atoms with Gasteiger partial charge in [-0.3, -0.25) is 0 Å². The maximum absolute atomic E-state index is 4.70. The van der Waals surface area contributed by atoms with E-state index in [0.29, 0.717) is 6.04 Å². The molecule has 1 aromatic rings. The SMILES string of the molecule is CCCc1nc(NCC)c(C)c(NC(C)C(C)(C)C)n1. The molecule has 0 amide bonds. The Kier molecular flexibility index (Phi) is 5.78. The zero-order valence-corrected chi connectivity index (χ0v) is 14.1. The van der Waals surface area contributed by atoms with Crippen LogP contribution in [0.25, 0.3) is 0 Å². The number of nitrogens with one attached hydrogen (secondary N) is 2. The van der Waals surface area contributed by atoms with E-state index in [1.807, 2.05) is 0 Å². The summed E-state index contributed by atoms with van der Waals surface area (Å²) >= 11 is 0. The van der Waals surface area contributed by atoms with Crippen molar-refractivity contribution in [2.24, 2.45) is 5.41 Å². The fourth-order valence-corrected chi connectivity index (χ4v) is 1.80. The first-order chi connectivity index (χ1) is 9.29. The highest BCUT2D eigenvalue weighted by Gasteiger charge is 2.21. The molecule has 4 nitrogen and oxygen atoms in total. The molecule has 0 spiro atoms. The Morgan fingerprint density at radius 2 is 1.70 bits per heavy atom. The third kappa shape index (κ3) is 4.36. The fourth-order valence-electron chi connectivity index (χ4n) is 1.80. The summed E-state index contributed by atoms with van der Waals surface area (Å²) in [7, 11) is 0. The summed E-state index contributed by atoms with van der Waals surface area (Å²) < 4.78 is 0. The molecule has 0 bridgehead atoms. The van der Waals surface area contributed by atoms with E-state index in [0.717, 1.165) is 42.4 Å². The fraction of sp³-hybridized carbons (Fsp3) is 0.750. The number of aromatic nitrogens is 2. The molecule has 1 atom stereocenters. The smallest absolute Gasteiger partial charge is 0.135 e. The van der Waals surface area contributed by atoms with Gasteiger partial charge in [-0.15, -0.1) is 0 Å². The van der Waals surface area contributed by atoms with Crippen LogP contribution >= 0.6 is 0 Å². The summed E-state index contributed by atoms with van der Waals surface area (Å²) in [5, 5.41) is 6.89. The van der Waals surface area contributed by atoms with Crippen molar-refractivity contribution in [1.29, 1.82) is 0 Å². The zero-order valence-electron chi connectivity index (χ0n) is 14.1. The summed E-state index contributed by atoms with van der Waals surface area (Å²) in [4.78, 5) is 9.32. The second-order valence-corrected chi connectivity index (χ2v) is 6.47. The highest BCUT2D eigenvalue weighted by atomic mass is 15.1. The lowest BCUT2D eigenvalue weighted by Gasteiger charge is -2.29. The molecule has 20 heavy (non-hydrogen) atoms. The van der Waals surface area contributed by atoms with Gasteiger partial charge in [-0.25, -0.2) is 9.97 Å². The molecule has 0 fully saturated rings. The topological polar surface area (TPSA) is 49.8 Å². The van der Waals surface area contributed by atoms with Gasteiger partial charge < -0.3 is 10.6 Å². The number of anilines is 2. The van der Waals surface area contributed by atoms with E-state index in [-0.39, 0.29) is 5.41 Å². The van der Waals surface area contributed by atoms with E-state index < -0.39 is 0 Å². The van der Waals surface area contributed by atoms with Crippen molar-refractivity contribution in [3.05, 3.63) is 11.4 Å². The minimum atomic E-state index is 0.195. The first-order valence-electron chi connectivity index (χ1n) is 7.67. The molecule has 0 saturated heterocycles. The van der Waals surface area contributed by atoms with Gasteiger partial charge in [-0.05, 0) is 32.6 Å². The normalized spacial score (nSPS) is 13.2. The Balaban J connectivity index is 3.09. The maximum atomic E-state index is 4.70. The Bertz CT molecular complexity index is 435. The average Bonchev–Trinajstić information content (AvgIpc) is 2.34. The average molecular weight is 278 g/mol. The summed E-state index contributed by atoms with van der Waals surface area (Å²) in [6, 6.07) is 0.347. The van der Waals surface area contributed by atoms with E-state index in [2.05, 4.69) is 64.1 Å². The largest absolute Gasteiger partial charge is 0.370 e. The number of hydrogen-bond donors (Lipinski definition) is 2. The number of aryl methyl sites for hydroxylation is 1. The van der Waals surface area contributed by atoms with Crippen LogP contribution < -0.4 is 10.6 Å². The van der Waals surface area contributed by atoms with Crippen LogP contribution in [0.4, 0.5) is 11.6 Å². The van der Waals surface area contributed by atoms with Crippen LogP contribution in [0.15, 0.2) is 0 Å².